The lowest BCUT2D eigenvalue weighted by molar-refractivity contribution is -0.139. The highest BCUT2D eigenvalue weighted by atomic mass is 35.5. The average Bonchev–Trinajstić information content (AvgIpc) is 2.69. The monoisotopic (exact) mass is 375 g/mol. The van der Waals surface area contributed by atoms with Gasteiger partial charge in [-0.05, 0) is 35.9 Å². The molecule has 1 N–H and O–H groups in total. The molecular weight excluding hydrogens is 354 g/mol. The minimum atomic E-state index is -0.362. The van der Waals surface area contributed by atoms with Gasteiger partial charge in [0.15, 0.2) is 0 Å². The van der Waals surface area contributed by atoms with Crippen LogP contribution in [0.3, 0.4) is 0 Å². The van der Waals surface area contributed by atoms with Crippen LogP contribution in [-0.2, 0) is 9.53 Å². The predicted octanol–water partition coefficient (Wildman–Crippen LogP) is 1.63. The molecule has 1 aromatic rings. The number of rotatable bonds is 4. The largest absolute Gasteiger partial charge is 0.394 e. The fourth-order valence-corrected chi connectivity index (χ4v) is 3.41. The third-order valence-electron chi connectivity index (χ3n) is 4.69. The van der Waals surface area contributed by atoms with Crippen molar-refractivity contribution in [2.45, 2.75) is 17.6 Å². The number of nitrogens with zero attached hydrogens (tertiary/aromatic N) is 3. The minimum absolute atomic E-state index is 0.148. The molecule has 1 amide bonds. The van der Waals surface area contributed by atoms with Crippen LogP contribution in [-0.4, -0.2) is 70.3 Å². The van der Waals surface area contributed by atoms with E-state index in [-0.39, 0.29) is 36.8 Å². The van der Waals surface area contributed by atoms with E-state index < -0.39 is 0 Å². The number of hydrogen-bond acceptors (Lipinski definition) is 5. The number of aliphatic hydroxyl groups is 1. The van der Waals surface area contributed by atoms with Crippen LogP contribution in [0, 0.1) is 0 Å². The fourth-order valence-electron chi connectivity index (χ4n) is 3.16. The molecule has 3 unspecified atom stereocenters. The summed E-state index contributed by atoms with van der Waals surface area (Å²) >= 11 is 6.51. The van der Waals surface area contributed by atoms with Gasteiger partial charge in [-0.15, -0.1) is 0 Å². The van der Waals surface area contributed by atoms with Crippen molar-refractivity contribution in [3.63, 3.8) is 0 Å². The molecule has 7 heteroatoms. The molecule has 6 nitrogen and oxygen atoms in total. The molecule has 0 saturated carbocycles. The van der Waals surface area contributed by atoms with E-state index in [1.807, 2.05) is 36.2 Å². The summed E-state index contributed by atoms with van der Waals surface area (Å²) in [4.78, 5) is 19.8. The number of hydrogen-bond donors (Lipinski definition) is 1. The molecule has 2 aliphatic rings. The van der Waals surface area contributed by atoms with Crippen molar-refractivity contribution < 1.29 is 14.6 Å². The maximum absolute atomic E-state index is 12.1. The van der Waals surface area contributed by atoms with Crippen molar-refractivity contribution in [1.29, 1.82) is 0 Å². The Morgan fingerprint density at radius 2 is 2.23 bits per heavy atom. The summed E-state index contributed by atoms with van der Waals surface area (Å²) in [5.74, 6) is -0.216. The van der Waals surface area contributed by atoms with Crippen LogP contribution in [0.25, 0.3) is 5.70 Å². The maximum atomic E-state index is 12.1. The Balaban J connectivity index is 1.88. The molecule has 0 radical (unpaired) electrons. The lowest BCUT2D eigenvalue weighted by Crippen LogP contribution is -2.54. The number of likely N-dealkylation sites (N-methyl/N-ethyl adjacent to an activating group) is 1. The quantitative estimate of drug-likeness (QED) is 0.492. The van der Waals surface area contributed by atoms with Gasteiger partial charge >= 0.3 is 0 Å². The van der Waals surface area contributed by atoms with Gasteiger partial charge in [-0.2, -0.15) is 0 Å². The van der Waals surface area contributed by atoms with E-state index in [4.69, 9.17) is 16.3 Å². The summed E-state index contributed by atoms with van der Waals surface area (Å²) in [6.07, 6.45) is 8.36. The molecule has 3 rings (SSSR count). The van der Waals surface area contributed by atoms with Crippen LogP contribution in [0.2, 0.25) is 0 Å². The summed E-state index contributed by atoms with van der Waals surface area (Å²) in [5, 5.41) is 9.50. The second kappa shape index (κ2) is 8.03. The molecule has 1 fully saturated rings. The number of halogens is 1. The molecule has 2 aliphatic heterocycles. The molecule has 0 spiro atoms. The third kappa shape index (κ3) is 3.67. The lowest BCUT2D eigenvalue weighted by Gasteiger charge is -2.40. The van der Waals surface area contributed by atoms with Gasteiger partial charge in [0.2, 0.25) is 5.91 Å². The third-order valence-corrected chi connectivity index (χ3v) is 5.11. The van der Waals surface area contributed by atoms with E-state index in [2.05, 4.69) is 11.6 Å². The first-order chi connectivity index (χ1) is 12.5. The normalized spacial score (nSPS) is 26.2. The van der Waals surface area contributed by atoms with Gasteiger partial charge in [-0.25, -0.2) is 0 Å². The first kappa shape index (κ1) is 18.6. The molecule has 0 aromatic carbocycles. The first-order valence-corrected chi connectivity index (χ1v) is 8.85. The highest BCUT2D eigenvalue weighted by Crippen LogP contribution is 2.31. The average molecular weight is 376 g/mol. The van der Waals surface area contributed by atoms with Gasteiger partial charge in [-0.1, -0.05) is 18.2 Å². The Morgan fingerprint density at radius 1 is 1.50 bits per heavy atom. The van der Waals surface area contributed by atoms with Crippen molar-refractivity contribution in [2.24, 2.45) is 0 Å². The Hall–Kier alpha value is -2.15. The van der Waals surface area contributed by atoms with E-state index in [0.29, 0.717) is 6.54 Å². The van der Waals surface area contributed by atoms with Gasteiger partial charge in [-0.3, -0.25) is 9.78 Å². The molecule has 3 atom stereocenters. The van der Waals surface area contributed by atoms with Gasteiger partial charge in [0.1, 0.15) is 11.6 Å². The second-order valence-electron chi connectivity index (χ2n) is 6.27. The van der Waals surface area contributed by atoms with Gasteiger partial charge < -0.3 is 19.6 Å². The van der Waals surface area contributed by atoms with Gasteiger partial charge in [0, 0.05) is 30.7 Å². The number of ether oxygens (including phenoxy) is 1. The smallest absolute Gasteiger partial charge is 0.246 e. The van der Waals surface area contributed by atoms with Crippen LogP contribution in [0.5, 0.6) is 0 Å². The maximum Gasteiger partial charge on any atom is 0.246 e. The predicted molar refractivity (Wildman–Crippen MR) is 100 cm³/mol. The highest BCUT2D eigenvalue weighted by molar-refractivity contribution is 6.22. The topological polar surface area (TPSA) is 65.9 Å². The van der Waals surface area contributed by atoms with Crippen molar-refractivity contribution in [3.05, 3.63) is 60.5 Å². The number of aromatic nitrogens is 1. The number of pyridine rings is 1. The Kier molecular flexibility index (Phi) is 5.76. The summed E-state index contributed by atoms with van der Waals surface area (Å²) in [6, 6.07) is 3.48. The number of aliphatic hydroxyl groups excluding tert-OH is 1. The summed E-state index contributed by atoms with van der Waals surface area (Å²) < 4.78 is 5.92. The zero-order valence-electron chi connectivity index (χ0n) is 14.6. The van der Waals surface area contributed by atoms with Crippen LogP contribution >= 0.6 is 11.6 Å². The number of morpholine rings is 1. The highest BCUT2D eigenvalue weighted by Gasteiger charge is 2.34. The Bertz CT molecular complexity index is 735. The second-order valence-corrected chi connectivity index (χ2v) is 6.72. The number of carbonyl (C=O) groups is 1. The Morgan fingerprint density at radius 3 is 2.88 bits per heavy atom. The van der Waals surface area contributed by atoms with Crippen LogP contribution in [0.1, 0.15) is 5.56 Å². The molecule has 0 bridgehead atoms. The zero-order chi connectivity index (χ0) is 18.7. The lowest BCUT2D eigenvalue weighted by atomic mass is 9.99. The van der Waals surface area contributed by atoms with Crippen LogP contribution in [0.4, 0.5) is 0 Å². The molecule has 26 heavy (non-hydrogen) atoms. The summed E-state index contributed by atoms with van der Waals surface area (Å²) in [6.45, 7) is 4.00. The summed E-state index contributed by atoms with van der Waals surface area (Å²) in [5.41, 5.74) is 2.54. The molecule has 1 saturated heterocycles. The van der Waals surface area contributed by atoms with Gasteiger partial charge in [0.05, 0.1) is 25.8 Å². The molecule has 3 heterocycles. The van der Waals surface area contributed by atoms with E-state index in [1.54, 1.807) is 17.3 Å². The molecule has 1 aromatic heterocycles. The number of alkyl halides is 1. The SMILES string of the molecule is C=CC(=O)N1CC(C2=CC(Cl)N(C)C(c3ccncc3)=C2)OCC1CO. The van der Waals surface area contributed by atoms with E-state index in [1.165, 1.54) is 6.08 Å². The number of carbonyl (C=O) groups excluding carboxylic acids is 1. The molecule has 138 valence electrons. The van der Waals surface area contributed by atoms with Crippen molar-refractivity contribution in [1.82, 2.24) is 14.8 Å². The van der Waals surface area contributed by atoms with E-state index in [0.717, 1.165) is 16.8 Å². The number of amides is 1. The minimum Gasteiger partial charge on any atom is -0.394 e. The van der Waals surface area contributed by atoms with E-state index in [9.17, 15) is 9.90 Å². The standard InChI is InChI=1S/C19H22ClN3O3/c1-3-19(25)23-10-17(26-12-15(23)11-24)14-8-16(22(2)18(20)9-14)13-4-6-21-7-5-13/h3-9,15,17-18,24H,1,10-12H2,2H3. The zero-order valence-corrected chi connectivity index (χ0v) is 15.3. The van der Waals surface area contributed by atoms with Crippen molar-refractivity contribution in [3.8, 4) is 0 Å². The van der Waals surface area contributed by atoms with Crippen LogP contribution in [0.15, 0.2) is 54.9 Å². The van der Waals surface area contributed by atoms with Crippen molar-refractivity contribution in [2.75, 3.05) is 26.8 Å². The Labute approximate surface area is 158 Å². The van der Waals surface area contributed by atoms with Gasteiger partial charge in [0.25, 0.3) is 0 Å². The van der Waals surface area contributed by atoms with Crippen molar-refractivity contribution >= 4 is 23.2 Å². The van der Waals surface area contributed by atoms with Crippen LogP contribution < -0.4 is 0 Å². The molecule has 0 aliphatic carbocycles. The molecular formula is C19H22ClN3O3. The first-order valence-electron chi connectivity index (χ1n) is 8.41. The summed E-state index contributed by atoms with van der Waals surface area (Å²) in [7, 11) is 1.92. The van der Waals surface area contributed by atoms with E-state index >= 15 is 0 Å². The fraction of sp³-hybridized carbons (Fsp3) is 0.368.